The highest BCUT2D eigenvalue weighted by atomic mass is 79.9. The molecule has 0 aliphatic rings. The number of nitrogens with one attached hydrogen (secondary N) is 1. The van der Waals surface area contributed by atoms with Crippen LogP contribution < -0.4 is 10.1 Å². The molecule has 0 saturated heterocycles. The van der Waals surface area contributed by atoms with E-state index in [2.05, 4.69) is 40.3 Å². The fraction of sp³-hybridized carbons (Fsp3) is 0.200. The quantitative estimate of drug-likeness (QED) is 0.842. The summed E-state index contributed by atoms with van der Waals surface area (Å²) in [5, 5.41) is 4.06. The smallest absolute Gasteiger partial charge is 0.125 e. The van der Waals surface area contributed by atoms with Crippen molar-refractivity contribution in [1.82, 2.24) is 0 Å². The molecule has 2 aromatic carbocycles. The van der Waals surface area contributed by atoms with Crippen LogP contribution in [-0.4, -0.2) is 7.11 Å². The van der Waals surface area contributed by atoms with Gasteiger partial charge in [0.2, 0.25) is 0 Å². The van der Waals surface area contributed by atoms with E-state index in [0.717, 1.165) is 21.5 Å². The molecule has 1 N–H and O–H groups in total. The number of anilines is 1. The number of ether oxygens (including phenoxy) is 1. The Labute approximate surface area is 126 Å². The molecule has 0 atom stereocenters. The number of benzene rings is 2. The molecule has 2 aromatic rings. The van der Waals surface area contributed by atoms with Crippen LogP contribution in [0.2, 0.25) is 5.02 Å². The van der Waals surface area contributed by atoms with Gasteiger partial charge in [-0.05, 0) is 52.7 Å². The third-order valence-corrected chi connectivity index (χ3v) is 3.89. The summed E-state index contributed by atoms with van der Waals surface area (Å²) in [6.07, 6.45) is 0. The summed E-state index contributed by atoms with van der Waals surface area (Å²) in [6.45, 7) is 2.68. The van der Waals surface area contributed by atoms with Crippen molar-refractivity contribution in [3.8, 4) is 5.75 Å². The van der Waals surface area contributed by atoms with E-state index in [1.54, 1.807) is 7.11 Å². The molecular weight excluding hydrogens is 326 g/mol. The molecule has 2 rings (SSSR count). The van der Waals surface area contributed by atoms with Gasteiger partial charge in [-0.25, -0.2) is 0 Å². The third kappa shape index (κ3) is 3.43. The molecular formula is C15H15BrClNO. The Balaban J connectivity index is 2.19. The average molecular weight is 341 g/mol. The van der Waals surface area contributed by atoms with Gasteiger partial charge in [0.05, 0.1) is 7.11 Å². The molecule has 0 spiro atoms. The number of hydrogen-bond acceptors (Lipinski definition) is 2. The molecule has 2 nitrogen and oxygen atoms in total. The van der Waals surface area contributed by atoms with E-state index in [9.17, 15) is 0 Å². The zero-order valence-electron chi connectivity index (χ0n) is 10.8. The molecule has 0 unspecified atom stereocenters. The van der Waals surface area contributed by atoms with Crippen LogP contribution in [-0.2, 0) is 6.54 Å². The van der Waals surface area contributed by atoms with Crippen molar-refractivity contribution in [1.29, 1.82) is 0 Å². The second kappa shape index (κ2) is 6.31. The van der Waals surface area contributed by atoms with Gasteiger partial charge in [-0.1, -0.05) is 23.7 Å². The normalized spacial score (nSPS) is 10.3. The van der Waals surface area contributed by atoms with Gasteiger partial charge in [-0.3, -0.25) is 0 Å². The van der Waals surface area contributed by atoms with Crippen LogP contribution in [0.15, 0.2) is 40.9 Å². The van der Waals surface area contributed by atoms with Crippen LogP contribution in [0, 0.1) is 6.92 Å². The predicted molar refractivity (Wildman–Crippen MR) is 84.2 cm³/mol. The summed E-state index contributed by atoms with van der Waals surface area (Å²) < 4.78 is 6.37. The minimum atomic E-state index is 0.616. The zero-order chi connectivity index (χ0) is 13.8. The molecule has 0 fully saturated rings. The van der Waals surface area contributed by atoms with E-state index in [4.69, 9.17) is 16.3 Å². The molecule has 100 valence electrons. The monoisotopic (exact) mass is 339 g/mol. The second-order valence-corrected chi connectivity index (χ2v) is 5.52. The second-order valence-electron chi connectivity index (χ2n) is 4.26. The van der Waals surface area contributed by atoms with Crippen molar-refractivity contribution < 1.29 is 4.74 Å². The highest BCUT2D eigenvalue weighted by molar-refractivity contribution is 9.10. The Kier molecular flexibility index (Phi) is 4.72. The lowest BCUT2D eigenvalue weighted by Gasteiger charge is -2.13. The van der Waals surface area contributed by atoms with Gasteiger partial charge < -0.3 is 10.1 Å². The number of methoxy groups -OCH3 is 1. The van der Waals surface area contributed by atoms with Crippen molar-refractivity contribution >= 4 is 33.2 Å². The van der Waals surface area contributed by atoms with Gasteiger partial charge >= 0.3 is 0 Å². The van der Waals surface area contributed by atoms with Gasteiger partial charge in [-0.15, -0.1) is 0 Å². The van der Waals surface area contributed by atoms with E-state index in [-0.39, 0.29) is 0 Å². The summed E-state index contributed by atoms with van der Waals surface area (Å²) >= 11 is 9.76. The average Bonchev–Trinajstić information content (AvgIpc) is 2.39. The first-order chi connectivity index (χ1) is 9.11. The summed E-state index contributed by atoms with van der Waals surface area (Å²) in [7, 11) is 1.65. The van der Waals surface area contributed by atoms with Gasteiger partial charge in [0.1, 0.15) is 5.75 Å². The highest BCUT2D eigenvalue weighted by Gasteiger charge is 2.08. The van der Waals surface area contributed by atoms with E-state index in [1.807, 2.05) is 24.3 Å². The van der Waals surface area contributed by atoms with Crippen LogP contribution in [0.25, 0.3) is 0 Å². The largest absolute Gasteiger partial charge is 0.496 e. The number of halogens is 2. The minimum absolute atomic E-state index is 0.616. The fourth-order valence-corrected chi connectivity index (χ4v) is 2.71. The van der Waals surface area contributed by atoms with Crippen molar-refractivity contribution in [3.05, 3.63) is 57.0 Å². The zero-order valence-corrected chi connectivity index (χ0v) is 13.2. The molecule has 0 bridgehead atoms. The molecule has 0 saturated carbocycles. The predicted octanol–water partition coefficient (Wildman–Crippen LogP) is 5.03. The Morgan fingerprint density at radius 2 is 2.05 bits per heavy atom. The van der Waals surface area contributed by atoms with Gasteiger partial charge in [0, 0.05) is 27.3 Å². The van der Waals surface area contributed by atoms with Gasteiger partial charge in [-0.2, -0.15) is 0 Å². The first kappa shape index (κ1) is 14.2. The standard InChI is InChI=1S/C15H15BrClNO/c1-10-6-7-14(12(16)8-10)18-9-11-13(17)4-3-5-15(11)19-2/h3-8,18H,9H2,1-2H3. The molecule has 0 radical (unpaired) electrons. The van der Waals surface area contributed by atoms with E-state index in [0.29, 0.717) is 11.6 Å². The Bertz CT molecular complexity index is 586. The first-order valence-electron chi connectivity index (χ1n) is 5.93. The summed E-state index contributed by atoms with van der Waals surface area (Å²) in [6, 6.07) is 11.8. The topological polar surface area (TPSA) is 21.3 Å². The highest BCUT2D eigenvalue weighted by Crippen LogP contribution is 2.29. The Hall–Kier alpha value is -1.19. The molecule has 0 heterocycles. The molecule has 19 heavy (non-hydrogen) atoms. The lowest BCUT2D eigenvalue weighted by molar-refractivity contribution is 0.410. The molecule has 0 aliphatic heterocycles. The van der Waals surface area contributed by atoms with Crippen LogP contribution in [0.3, 0.4) is 0 Å². The van der Waals surface area contributed by atoms with E-state index < -0.39 is 0 Å². The number of hydrogen-bond donors (Lipinski definition) is 1. The van der Waals surface area contributed by atoms with Gasteiger partial charge in [0.25, 0.3) is 0 Å². The lowest BCUT2D eigenvalue weighted by atomic mass is 10.2. The first-order valence-corrected chi connectivity index (χ1v) is 7.10. The fourth-order valence-electron chi connectivity index (χ4n) is 1.85. The van der Waals surface area contributed by atoms with Crippen LogP contribution in [0.1, 0.15) is 11.1 Å². The summed E-state index contributed by atoms with van der Waals surface area (Å²) in [5.41, 5.74) is 3.21. The molecule has 0 aliphatic carbocycles. The SMILES string of the molecule is COc1cccc(Cl)c1CNc1ccc(C)cc1Br. The van der Waals surface area contributed by atoms with Crippen molar-refractivity contribution in [2.45, 2.75) is 13.5 Å². The number of rotatable bonds is 4. The van der Waals surface area contributed by atoms with E-state index >= 15 is 0 Å². The van der Waals surface area contributed by atoms with Crippen molar-refractivity contribution in [2.75, 3.05) is 12.4 Å². The van der Waals surface area contributed by atoms with Crippen LogP contribution in [0.5, 0.6) is 5.75 Å². The summed E-state index contributed by atoms with van der Waals surface area (Å²) in [4.78, 5) is 0. The third-order valence-electron chi connectivity index (χ3n) is 2.88. The van der Waals surface area contributed by atoms with Crippen molar-refractivity contribution in [3.63, 3.8) is 0 Å². The van der Waals surface area contributed by atoms with Crippen LogP contribution >= 0.6 is 27.5 Å². The maximum atomic E-state index is 6.21. The van der Waals surface area contributed by atoms with E-state index in [1.165, 1.54) is 5.56 Å². The lowest BCUT2D eigenvalue weighted by Crippen LogP contribution is -2.03. The molecule has 4 heteroatoms. The van der Waals surface area contributed by atoms with Gasteiger partial charge in [0.15, 0.2) is 0 Å². The molecule has 0 amide bonds. The Morgan fingerprint density at radius 3 is 2.74 bits per heavy atom. The Morgan fingerprint density at radius 1 is 1.26 bits per heavy atom. The summed E-state index contributed by atoms with van der Waals surface area (Å²) in [5.74, 6) is 0.795. The minimum Gasteiger partial charge on any atom is -0.496 e. The maximum Gasteiger partial charge on any atom is 0.125 e. The molecule has 0 aromatic heterocycles. The maximum absolute atomic E-state index is 6.21. The number of aryl methyl sites for hydroxylation is 1. The van der Waals surface area contributed by atoms with Crippen LogP contribution in [0.4, 0.5) is 5.69 Å². The van der Waals surface area contributed by atoms with Crippen molar-refractivity contribution in [2.24, 2.45) is 0 Å².